The second-order valence-corrected chi connectivity index (χ2v) is 5.00. The highest BCUT2D eigenvalue weighted by molar-refractivity contribution is 5.90. The molecular weight excluding hydrogens is 264 g/mol. The van der Waals surface area contributed by atoms with Crippen molar-refractivity contribution in [2.45, 2.75) is 32.1 Å². The number of rotatable bonds is 8. The number of benzene rings is 1. The zero-order valence-corrected chi connectivity index (χ0v) is 12.2. The first-order valence-corrected chi connectivity index (χ1v) is 7.39. The molecule has 1 aromatic heterocycles. The van der Waals surface area contributed by atoms with Gasteiger partial charge in [-0.05, 0) is 43.7 Å². The molecule has 0 saturated carbocycles. The van der Waals surface area contributed by atoms with Gasteiger partial charge < -0.3 is 11.1 Å². The highest BCUT2D eigenvalue weighted by Gasteiger charge is 2.04. The van der Waals surface area contributed by atoms with Gasteiger partial charge >= 0.3 is 0 Å². The third kappa shape index (κ3) is 5.04. The van der Waals surface area contributed by atoms with Gasteiger partial charge in [0.05, 0.1) is 5.69 Å². The van der Waals surface area contributed by atoms with Crippen LogP contribution in [0.1, 0.15) is 32.1 Å². The minimum absolute atomic E-state index is 0.0559. The number of hydrogen-bond donors (Lipinski definition) is 2. The largest absolute Gasteiger partial charge is 0.330 e. The van der Waals surface area contributed by atoms with Crippen LogP contribution in [0.5, 0.6) is 0 Å². The normalized spacial score (nSPS) is 10.5. The Balaban J connectivity index is 1.82. The topological polar surface area (TPSA) is 72.9 Å². The summed E-state index contributed by atoms with van der Waals surface area (Å²) < 4.78 is 1.77. The highest BCUT2D eigenvalue weighted by atomic mass is 16.1. The molecule has 0 fully saturated rings. The summed E-state index contributed by atoms with van der Waals surface area (Å²) in [6.45, 7) is 0.729. The second-order valence-electron chi connectivity index (χ2n) is 5.00. The maximum Gasteiger partial charge on any atom is 0.224 e. The lowest BCUT2D eigenvalue weighted by Gasteiger charge is -2.07. The molecule has 3 N–H and O–H groups in total. The number of nitrogens with zero attached hydrogens (tertiary/aromatic N) is 2. The van der Waals surface area contributed by atoms with Crippen LogP contribution in [0.2, 0.25) is 0 Å². The molecule has 0 aliphatic heterocycles. The summed E-state index contributed by atoms with van der Waals surface area (Å²) in [6, 6.07) is 9.54. The van der Waals surface area contributed by atoms with E-state index < -0.39 is 0 Å². The summed E-state index contributed by atoms with van der Waals surface area (Å²) in [5.41, 5.74) is 7.17. The molecule has 5 nitrogen and oxygen atoms in total. The van der Waals surface area contributed by atoms with Crippen LogP contribution in [0.25, 0.3) is 5.69 Å². The van der Waals surface area contributed by atoms with Crippen LogP contribution in [0.3, 0.4) is 0 Å². The Morgan fingerprint density at radius 2 is 2.05 bits per heavy atom. The van der Waals surface area contributed by atoms with Crippen LogP contribution in [-0.2, 0) is 4.79 Å². The molecule has 0 atom stereocenters. The van der Waals surface area contributed by atoms with Gasteiger partial charge in [0.2, 0.25) is 5.91 Å². The van der Waals surface area contributed by atoms with Gasteiger partial charge in [0, 0.05) is 24.5 Å². The van der Waals surface area contributed by atoms with Crippen molar-refractivity contribution >= 4 is 11.6 Å². The molecule has 0 unspecified atom stereocenters. The molecule has 1 aromatic carbocycles. The smallest absolute Gasteiger partial charge is 0.224 e. The first kappa shape index (κ1) is 15.3. The molecule has 1 heterocycles. The molecule has 21 heavy (non-hydrogen) atoms. The molecule has 2 rings (SSSR count). The van der Waals surface area contributed by atoms with Gasteiger partial charge in [-0.2, -0.15) is 5.10 Å². The van der Waals surface area contributed by atoms with Crippen LogP contribution in [0.4, 0.5) is 5.69 Å². The fourth-order valence-electron chi connectivity index (χ4n) is 2.15. The van der Waals surface area contributed by atoms with E-state index in [0.717, 1.165) is 43.6 Å². The molecule has 0 aliphatic carbocycles. The molecule has 5 heteroatoms. The zero-order valence-electron chi connectivity index (χ0n) is 12.2. The molecule has 0 saturated heterocycles. The van der Waals surface area contributed by atoms with Crippen LogP contribution in [0.15, 0.2) is 42.7 Å². The zero-order chi connectivity index (χ0) is 14.9. The lowest BCUT2D eigenvalue weighted by atomic mass is 10.1. The molecule has 2 aromatic rings. The number of anilines is 1. The van der Waals surface area contributed by atoms with Gasteiger partial charge in [-0.15, -0.1) is 0 Å². The Hall–Kier alpha value is -2.14. The van der Waals surface area contributed by atoms with Crippen molar-refractivity contribution in [2.24, 2.45) is 5.73 Å². The molecule has 0 spiro atoms. The van der Waals surface area contributed by atoms with Crippen molar-refractivity contribution in [3.8, 4) is 5.69 Å². The van der Waals surface area contributed by atoms with E-state index in [4.69, 9.17) is 5.73 Å². The van der Waals surface area contributed by atoms with Gasteiger partial charge in [0.1, 0.15) is 0 Å². The number of amides is 1. The number of carbonyl (C=O) groups excluding carboxylic acids is 1. The fraction of sp³-hybridized carbons (Fsp3) is 0.375. The predicted molar refractivity (Wildman–Crippen MR) is 84.3 cm³/mol. The predicted octanol–water partition coefficient (Wildman–Crippen LogP) is 2.72. The Kier molecular flexibility index (Phi) is 5.97. The molecule has 1 amide bonds. The van der Waals surface area contributed by atoms with E-state index in [-0.39, 0.29) is 5.91 Å². The molecule has 0 bridgehead atoms. The summed E-state index contributed by atoms with van der Waals surface area (Å²) in [7, 11) is 0. The lowest BCUT2D eigenvalue weighted by molar-refractivity contribution is -0.116. The molecule has 0 radical (unpaired) electrons. The fourth-order valence-corrected chi connectivity index (χ4v) is 2.15. The second kappa shape index (κ2) is 8.21. The summed E-state index contributed by atoms with van der Waals surface area (Å²) in [5.74, 6) is 0.0559. The number of nitrogens with two attached hydrogens (primary N) is 1. The highest BCUT2D eigenvalue weighted by Crippen LogP contribution is 2.14. The lowest BCUT2D eigenvalue weighted by Crippen LogP contribution is -2.11. The summed E-state index contributed by atoms with van der Waals surface area (Å²) >= 11 is 0. The standard InChI is InChI=1S/C16H22N4O/c17-10-4-2-1-3-9-16(21)19-14-7-5-8-15(13-14)20-12-6-11-18-20/h5-8,11-13H,1-4,9-10,17H2,(H,19,21). The van der Waals surface area contributed by atoms with E-state index in [9.17, 15) is 4.79 Å². The first-order chi connectivity index (χ1) is 10.3. The number of unbranched alkanes of at least 4 members (excludes halogenated alkanes) is 3. The molecule has 0 aliphatic rings. The average Bonchev–Trinajstić information content (AvgIpc) is 3.01. The minimum atomic E-state index is 0.0559. The van der Waals surface area contributed by atoms with Gasteiger partial charge in [-0.25, -0.2) is 4.68 Å². The summed E-state index contributed by atoms with van der Waals surface area (Å²) in [4.78, 5) is 11.9. The van der Waals surface area contributed by atoms with Crippen molar-refractivity contribution < 1.29 is 4.79 Å². The van der Waals surface area contributed by atoms with Crippen molar-refractivity contribution in [1.82, 2.24) is 9.78 Å². The minimum Gasteiger partial charge on any atom is -0.330 e. The van der Waals surface area contributed by atoms with Gasteiger partial charge in [0.25, 0.3) is 0 Å². The van der Waals surface area contributed by atoms with Gasteiger partial charge in [-0.3, -0.25) is 4.79 Å². The maximum absolute atomic E-state index is 11.9. The van der Waals surface area contributed by atoms with E-state index in [2.05, 4.69) is 10.4 Å². The van der Waals surface area contributed by atoms with E-state index in [1.54, 1.807) is 10.9 Å². The molecular formula is C16H22N4O. The molecule has 112 valence electrons. The van der Waals surface area contributed by atoms with Crippen LogP contribution < -0.4 is 11.1 Å². The van der Waals surface area contributed by atoms with Crippen molar-refractivity contribution in [3.05, 3.63) is 42.7 Å². The monoisotopic (exact) mass is 286 g/mol. The number of hydrogen-bond acceptors (Lipinski definition) is 3. The number of carbonyl (C=O) groups is 1. The van der Waals surface area contributed by atoms with Crippen LogP contribution >= 0.6 is 0 Å². The number of aromatic nitrogens is 2. The Bertz CT molecular complexity index is 551. The quantitative estimate of drug-likeness (QED) is 0.733. The van der Waals surface area contributed by atoms with Crippen molar-refractivity contribution in [1.29, 1.82) is 0 Å². The van der Waals surface area contributed by atoms with Crippen LogP contribution in [0, 0.1) is 0 Å². The van der Waals surface area contributed by atoms with Gasteiger partial charge in [-0.1, -0.05) is 18.9 Å². The van der Waals surface area contributed by atoms with Crippen molar-refractivity contribution in [3.63, 3.8) is 0 Å². The Morgan fingerprint density at radius 3 is 2.81 bits per heavy atom. The maximum atomic E-state index is 11.9. The van der Waals surface area contributed by atoms with E-state index in [0.29, 0.717) is 6.42 Å². The Morgan fingerprint density at radius 1 is 1.19 bits per heavy atom. The first-order valence-electron chi connectivity index (χ1n) is 7.39. The number of nitrogens with one attached hydrogen (secondary N) is 1. The van der Waals surface area contributed by atoms with E-state index >= 15 is 0 Å². The van der Waals surface area contributed by atoms with E-state index in [1.807, 2.05) is 36.5 Å². The van der Waals surface area contributed by atoms with Crippen molar-refractivity contribution in [2.75, 3.05) is 11.9 Å². The van der Waals surface area contributed by atoms with E-state index in [1.165, 1.54) is 0 Å². The third-order valence-corrected chi connectivity index (χ3v) is 3.26. The average molecular weight is 286 g/mol. The summed E-state index contributed by atoms with van der Waals surface area (Å²) in [6.07, 6.45) is 8.25. The third-order valence-electron chi connectivity index (χ3n) is 3.26. The van der Waals surface area contributed by atoms with Crippen LogP contribution in [-0.4, -0.2) is 22.2 Å². The van der Waals surface area contributed by atoms with Gasteiger partial charge in [0.15, 0.2) is 0 Å². The summed E-state index contributed by atoms with van der Waals surface area (Å²) in [5, 5.41) is 7.11. The Labute approximate surface area is 125 Å². The SMILES string of the molecule is NCCCCCCC(=O)Nc1cccc(-n2cccn2)c1.